The predicted octanol–water partition coefficient (Wildman–Crippen LogP) is 1.64. The van der Waals surface area contributed by atoms with E-state index in [2.05, 4.69) is 10.3 Å². The number of esters is 1. The number of carbonyl (C=O) groups excluding carboxylic acids is 1. The third-order valence-electron chi connectivity index (χ3n) is 3.00. The first kappa shape index (κ1) is 14.3. The number of ether oxygens (including phenoxy) is 1. The molecule has 2 unspecified atom stereocenters. The first-order valence-corrected chi connectivity index (χ1v) is 6.56. The van der Waals surface area contributed by atoms with E-state index in [-0.39, 0.29) is 12.0 Å². The van der Waals surface area contributed by atoms with Crippen molar-refractivity contribution in [3.8, 4) is 0 Å². The van der Waals surface area contributed by atoms with Gasteiger partial charge < -0.3 is 13.7 Å². The number of furan rings is 1. The minimum absolute atomic E-state index is 0.293. The Balaban J connectivity index is 2.21. The van der Waals surface area contributed by atoms with E-state index in [9.17, 15) is 4.79 Å². The van der Waals surface area contributed by atoms with Gasteiger partial charge in [0.05, 0.1) is 12.9 Å². The highest BCUT2D eigenvalue weighted by atomic mass is 16.5. The summed E-state index contributed by atoms with van der Waals surface area (Å²) in [5.74, 6) is 1.19. The Bertz CT molecular complexity index is 548. The van der Waals surface area contributed by atoms with Crippen LogP contribution in [0, 0.1) is 0 Å². The van der Waals surface area contributed by atoms with Gasteiger partial charge in [-0.05, 0) is 26.0 Å². The van der Waals surface area contributed by atoms with E-state index < -0.39 is 6.04 Å². The molecule has 2 rings (SSSR count). The van der Waals surface area contributed by atoms with Crippen molar-refractivity contribution < 1.29 is 13.9 Å². The highest BCUT2D eigenvalue weighted by Crippen LogP contribution is 2.21. The molecule has 20 heavy (non-hydrogen) atoms. The molecule has 6 nitrogen and oxygen atoms in total. The Morgan fingerprint density at radius 1 is 1.60 bits per heavy atom. The first-order valence-electron chi connectivity index (χ1n) is 6.56. The van der Waals surface area contributed by atoms with Crippen LogP contribution in [0.5, 0.6) is 0 Å². The van der Waals surface area contributed by atoms with E-state index in [1.807, 2.05) is 29.9 Å². The molecule has 0 bridgehead atoms. The molecule has 0 aliphatic rings. The lowest BCUT2D eigenvalue weighted by molar-refractivity contribution is -0.145. The summed E-state index contributed by atoms with van der Waals surface area (Å²) in [6.07, 6.45) is 5.16. The zero-order chi connectivity index (χ0) is 14.5. The molecule has 2 aromatic heterocycles. The van der Waals surface area contributed by atoms with E-state index in [0.717, 1.165) is 5.82 Å². The molecular weight excluding hydrogens is 258 g/mol. The summed E-state index contributed by atoms with van der Waals surface area (Å²) in [5.41, 5.74) is 0. The average Bonchev–Trinajstić information content (AvgIpc) is 3.07. The largest absolute Gasteiger partial charge is 0.467 e. The summed E-state index contributed by atoms with van der Waals surface area (Å²) in [6.45, 7) is 3.91. The standard InChI is InChI=1S/C14H19N3O3/c1-4-19-14(18)10(2)16-12(11-6-5-9-20-11)13-15-7-8-17(13)3/h5-10,12,16H,4H2,1-3H3. The van der Waals surface area contributed by atoms with Gasteiger partial charge in [0.15, 0.2) is 0 Å². The molecule has 0 fully saturated rings. The van der Waals surface area contributed by atoms with Crippen LogP contribution in [-0.4, -0.2) is 28.2 Å². The number of imidazole rings is 1. The average molecular weight is 277 g/mol. The molecule has 0 saturated heterocycles. The Morgan fingerprint density at radius 3 is 2.95 bits per heavy atom. The second kappa shape index (κ2) is 6.38. The lowest BCUT2D eigenvalue weighted by Crippen LogP contribution is -2.39. The van der Waals surface area contributed by atoms with E-state index in [1.54, 1.807) is 26.3 Å². The molecule has 0 amide bonds. The highest BCUT2D eigenvalue weighted by molar-refractivity contribution is 5.75. The van der Waals surface area contributed by atoms with Crippen molar-refractivity contribution in [2.75, 3.05) is 6.61 Å². The molecule has 0 aromatic carbocycles. The quantitative estimate of drug-likeness (QED) is 0.813. The van der Waals surface area contributed by atoms with Crippen molar-refractivity contribution in [1.29, 1.82) is 0 Å². The number of rotatable bonds is 6. The van der Waals surface area contributed by atoms with Gasteiger partial charge in [0.2, 0.25) is 0 Å². The maximum Gasteiger partial charge on any atom is 0.322 e. The number of hydrogen-bond donors (Lipinski definition) is 1. The smallest absolute Gasteiger partial charge is 0.322 e. The second-order valence-electron chi connectivity index (χ2n) is 4.49. The SMILES string of the molecule is CCOC(=O)C(C)NC(c1ccco1)c1nccn1C. The molecule has 0 radical (unpaired) electrons. The number of aryl methyl sites for hydroxylation is 1. The van der Waals surface area contributed by atoms with Crippen molar-refractivity contribution in [3.05, 3.63) is 42.4 Å². The molecule has 0 aliphatic carbocycles. The van der Waals surface area contributed by atoms with Gasteiger partial charge in [0.1, 0.15) is 23.7 Å². The molecule has 2 aromatic rings. The Labute approximate surface area is 117 Å². The van der Waals surface area contributed by atoms with Crippen molar-refractivity contribution >= 4 is 5.97 Å². The van der Waals surface area contributed by atoms with Crippen LogP contribution in [0.25, 0.3) is 0 Å². The van der Waals surface area contributed by atoms with Crippen LogP contribution >= 0.6 is 0 Å². The van der Waals surface area contributed by atoms with E-state index in [4.69, 9.17) is 9.15 Å². The first-order chi connectivity index (χ1) is 9.63. The Kier molecular flexibility index (Phi) is 4.57. The fourth-order valence-electron chi connectivity index (χ4n) is 1.98. The summed E-state index contributed by atoms with van der Waals surface area (Å²) in [7, 11) is 1.90. The second-order valence-corrected chi connectivity index (χ2v) is 4.49. The maximum absolute atomic E-state index is 11.8. The summed E-state index contributed by atoms with van der Waals surface area (Å²) in [4.78, 5) is 16.1. The molecule has 2 atom stereocenters. The fourth-order valence-corrected chi connectivity index (χ4v) is 1.98. The van der Waals surface area contributed by atoms with Crippen LogP contribution in [-0.2, 0) is 16.6 Å². The summed E-state index contributed by atoms with van der Waals surface area (Å²) < 4.78 is 12.3. The molecular formula is C14H19N3O3. The maximum atomic E-state index is 11.8. The molecule has 1 N–H and O–H groups in total. The number of carbonyl (C=O) groups is 1. The van der Waals surface area contributed by atoms with Gasteiger partial charge in [0, 0.05) is 19.4 Å². The van der Waals surface area contributed by atoms with Gasteiger partial charge in [0.25, 0.3) is 0 Å². The van der Waals surface area contributed by atoms with Gasteiger partial charge in [-0.15, -0.1) is 0 Å². The van der Waals surface area contributed by atoms with E-state index in [1.165, 1.54) is 0 Å². The topological polar surface area (TPSA) is 69.3 Å². The van der Waals surface area contributed by atoms with Crippen LogP contribution in [0.2, 0.25) is 0 Å². The lowest BCUT2D eigenvalue weighted by Gasteiger charge is -2.20. The minimum Gasteiger partial charge on any atom is -0.467 e. The molecule has 0 aliphatic heterocycles. The molecule has 108 valence electrons. The fraction of sp³-hybridized carbons (Fsp3) is 0.429. The molecule has 6 heteroatoms. The Hall–Kier alpha value is -2.08. The molecule has 0 saturated carbocycles. The van der Waals surface area contributed by atoms with E-state index in [0.29, 0.717) is 12.4 Å². The van der Waals surface area contributed by atoms with Gasteiger partial charge in [-0.3, -0.25) is 10.1 Å². The van der Waals surface area contributed by atoms with Crippen LogP contribution in [0.4, 0.5) is 0 Å². The third kappa shape index (κ3) is 3.08. The van der Waals surface area contributed by atoms with Gasteiger partial charge in [-0.2, -0.15) is 0 Å². The zero-order valence-electron chi connectivity index (χ0n) is 11.9. The number of hydrogen-bond acceptors (Lipinski definition) is 5. The number of nitrogens with one attached hydrogen (secondary N) is 1. The van der Waals surface area contributed by atoms with E-state index >= 15 is 0 Å². The van der Waals surface area contributed by atoms with Gasteiger partial charge >= 0.3 is 5.97 Å². The summed E-state index contributed by atoms with van der Waals surface area (Å²) >= 11 is 0. The normalized spacial score (nSPS) is 13.9. The van der Waals surface area contributed by atoms with Crippen LogP contribution in [0.15, 0.2) is 35.2 Å². The van der Waals surface area contributed by atoms with Crippen molar-refractivity contribution in [1.82, 2.24) is 14.9 Å². The zero-order valence-corrected chi connectivity index (χ0v) is 11.9. The molecule has 0 spiro atoms. The predicted molar refractivity (Wildman–Crippen MR) is 73.0 cm³/mol. The summed E-state index contributed by atoms with van der Waals surface area (Å²) in [6, 6.07) is 2.90. The number of aromatic nitrogens is 2. The third-order valence-corrected chi connectivity index (χ3v) is 3.00. The van der Waals surface area contributed by atoms with Crippen LogP contribution < -0.4 is 5.32 Å². The molecule has 2 heterocycles. The van der Waals surface area contributed by atoms with Crippen molar-refractivity contribution in [2.45, 2.75) is 25.9 Å². The lowest BCUT2D eigenvalue weighted by atomic mass is 10.1. The summed E-state index contributed by atoms with van der Waals surface area (Å²) in [5, 5.41) is 3.20. The van der Waals surface area contributed by atoms with Crippen LogP contribution in [0.3, 0.4) is 0 Å². The Morgan fingerprint density at radius 2 is 2.40 bits per heavy atom. The van der Waals surface area contributed by atoms with Gasteiger partial charge in [-0.25, -0.2) is 4.98 Å². The number of nitrogens with zero attached hydrogens (tertiary/aromatic N) is 2. The van der Waals surface area contributed by atoms with Gasteiger partial charge in [-0.1, -0.05) is 0 Å². The van der Waals surface area contributed by atoms with Crippen molar-refractivity contribution in [3.63, 3.8) is 0 Å². The van der Waals surface area contributed by atoms with Crippen molar-refractivity contribution in [2.24, 2.45) is 7.05 Å². The highest BCUT2D eigenvalue weighted by Gasteiger charge is 2.25. The monoisotopic (exact) mass is 277 g/mol. The van der Waals surface area contributed by atoms with Crippen LogP contribution in [0.1, 0.15) is 31.5 Å². The minimum atomic E-state index is -0.457.